The first-order chi connectivity index (χ1) is 8.13. The Balaban J connectivity index is 2.76. The molecule has 4 unspecified atom stereocenters. The third kappa shape index (κ3) is 3.64. The number of rotatable bonds is 5. The Morgan fingerprint density at radius 2 is 1.94 bits per heavy atom. The number of methoxy groups -OCH3 is 3. The lowest BCUT2D eigenvalue weighted by atomic mass is 10.00. The van der Waals surface area contributed by atoms with E-state index in [1.165, 1.54) is 6.92 Å². The molecule has 1 aliphatic heterocycles. The van der Waals surface area contributed by atoms with E-state index < -0.39 is 12.2 Å². The van der Waals surface area contributed by atoms with E-state index in [-0.39, 0.29) is 18.2 Å². The van der Waals surface area contributed by atoms with Crippen LogP contribution in [0, 0.1) is 0 Å². The van der Waals surface area contributed by atoms with Gasteiger partial charge in [0.2, 0.25) is 0 Å². The van der Waals surface area contributed by atoms with Crippen LogP contribution in [0.1, 0.15) is 6.92 Å². The second kappa shape index (κ2) is 6.90. The third-order valence-corrected chi connectivity index (χ3v) is 2.74. The molecule has 100 valence electrons. The molecule has 17 heavy (non-hydrogen) atoms. The van der Waals surface area contributed by atoms with Crippen LogP contribution in [-0.4, -0.2) is 64.9 Å². The Kier molecular flexibility index (Phi) is 5.84. The Morgan fingerprint density at radius 3 is 2.41 bits per heavy atom. The van der Waals surface area contributed by atoms with Crippen LogP contribution in [0.25, 0.3) is 0 Å². The summed E-state index contributed by atoms with van der Waals surface area (Å²) in [7, 11) is 4.68. The maximum Gasteiger partial charge on any atom is 0.303 e. The topological polar surface area (TPSA) is 63.2 Å². The predicted octanol–water partition coefficient (Wildman–Crippen LogP) is -0.00670. The van der Waals surface area contributed by atoms with Crippen molar-refractivity contribution in [1.29, 1.82) is 0 Å². The molecule has 0 aromatic carbocycles. The van der Waals surface area contributed by atoms with Crippen LogP contribution in [0.15, 0.2) is 0 Å². The molecule has 0 aromatic rings. The summed E-state index contributed by atoms with van der Waals surface area (Å²) in [5, 5.41) is 0. The van der Waals surface area contributed by atoms with Crippen LogP contribution in [0.2, 0.25) is 0 Å². The molecule has 0 bridgehead atoms. The second-order valence-electron chi connectivity index (χ2n) is 3.88. The fourth-order valence-corrected chi connectivity index (χ4v) is 1.96. The zero-order valence-corrected chi connectivity index (χ0v) is 10.7. The minimum absolute atomic E-state index is 0.263. The van der Waals surface area contributed by atoms with Gasteiger partial charge >= 0.3 is 5.97 Å². The van der Waals surface area contributed by atoms with Gasteiger partial charge in [-0.15, -0.1) is 0 Å². The van der Waals surface area contributed by atoms with Crippen molar-refractivity contribution in [3.8, 4) is 0 Å². The number of carbonyl (C=O) groups excluding carboxylic acids is 1. The molecule has 6 nitrogen and oxygen atoms in total. The number of hydrogen-bond acceptors (Lipinski definition) is 6. The summed E-state index contributed by atoms with van der Waals surface area (Å²) >= 11 is 0. The monoisotopic (exact) mass is 248 g/mol. The van der Waals surface area contributed by atoms with Crippen LogP contribution in [0.5, 0.6) is 0 Å². The summed E-state index contributed by atoms with van der Waals surface area (Å²) in [5.41, 5.74) is 0. The van der Waals surface area contributed by atoms with Gasteiger partial charge in [0.15, 0.2) is 6.10 Å². The van der Waals surface area contributed by atoms with Gasteiger partial charge in [0, 0.05) is 28.3 Å². The summed E-state index contributed by atoms with van der Waals surface area (Å²) < 4.78 is 26.5. The fourth-order valence-electron chi connectivity index (χ4n) is 1.96. The number of esters is 1. The average Bonchev–Trinajstić information content (AvgIpc) is 2.29. The standard InChI is InChI=1S/C11H20O6/c1-7(12)17-11-8(14-3)6-16-9(5-13-2)10(11)15-4/h8-11H,5-6H2,1-4H3. The lowest BCUT2D eigenvalue weighted by Gasteiger charge is -2.40. The van der Waals surface area contributed by atoms with Crippen molar-refractivity contribution in [1.82, 2.24) is 0 Å². The van der Waals surface area contributed by atoms with Crippen molar-refractivity contribution in [3.05, 3.63) is 0 Å². The molecule has 0 aromatic heterocycles. The molecule has 1 saturated heterocycles. The van der Waals surface area contributed by atoms with E-state index in [1.807, 2.05) is 0 Å². The zero-order valence-electron chi connectivity index (χ0n) is 10.7. The van der Waals surface area contributed by atoms with Crippen molar-refractivity contribution < 1.29 is 28.5 Å². The lowest BCUT2D eigenvalue weighted by Crippen LogP contribution is -2.57. The van der Waals surface area contributed by atoms with Crippen LogP contribution in [0.3, 0.4) is 0 Å². The number of ether oxygens (including phenoxy) is 5. The van der Waals surface area contributed by atoms with Crippen LogP contribution in [-0.2, 0) is 28.5 Å². The molecule has 0 saturated carbocycles. The highest BCUT2D eigenvalue weighted by Gasteiger charge is 2.43. The van der Waals surface area contributed by atoms with Crippen molar-refractivity contribution in [3.63, 3.8) is 0 Å². The first kappa shape index (κ1) is 14.4. The molecule has 1 fully saturated rings. The molecule has 0 radical (unpaired) electrons. The molecule has 0 N–H and O–H groups in total. The van der Waals surface area contributed by atoms with Crippen molar-refractivity contribution in [2.45, 2.75) is 31.3 Å². The largest absolute Gasteiger partial charge is 0.457 e. The van der Waals surface area contributed by atoms with Gasteiger partial charge in [0.1, 0.15) is 18.3 Å². The van der Waals surface area contributed by atoms with Gasteiger partial charge in [-0.2, -0.15) is 0 Å². The van der Waals surface area contributed by atoms with E-state index in [9.17, 15) is 4.79 Å². The van der Waals surface area contributed by atoms with Crippen molar-refractivity contribution in [2.24, 2.45) is 0 Å². The predicted molar refractivity (Wildman–Crippen MR) is 58.8 cm³/mol. The van der Waals surface area contributed by atoms with Crippen LogP contribution < -0.4 is 0 Å². The summed E-state index contributed by atoms with van der Waals surface area (Å²) in [5.74, 6) is -0.364. The maximum atomic E-state index is 11.1. The molecule has 0 amide bonds. The molecule has 1 rings (SSSR count). The van der Waals surface area contributed by atoms with Crippen molar-refractivity contribution in [2.75, 3.05) is 34.5 Å². The fraction of sp³-hybridized carbons (Fsp3) is 0.909. The molecule has 0 spiro atoms. The highest BCUT2D eigenvalue weighted by atomic mass is 16.6. The van der Waals surface area contributed by atoms with Gasteiger partial charge in [-0.3, -0.25) is 4.79 Å². The number of carbonyl (C=O) groups is 1. The second-order valence-corrected chi connectivity index (χ2v) is 3.88. The Morgan fingerprint density at radius 1 is 1.24 bits per heavy atom. The van der Waals surface area contributed by atoms with Crippen LogP contribution >= 0.6 is 0 Å². The zero-order chi connectivity index (χ0) is 12.8. The van der Waals surface area contributed by atoms with Gasteiger partial charge in [0.05, 0.1) is 13.2 Å². The SMILES string of the molecule is COCC1OCC(OC)C(OC(C)=O)C1OC. The quantitative estimate of drug-likeness (QED) is 0.638. The van der Waals surface area contributed by atoms with Crippen molar-refractivity contribution >= 4 is 5.97 Å². The summed E-state index contributed by atoms with van der Waals surface area (Å²) in [6, 6.07) is 0. The summed E-state index contributed by atoms with van der Waals surface area (Å²) in [6.45, 7) is 2.09. The minimum Gasteiger partial charge on any atom is -0.457 e. The maximum absolute atomic E-state index is 11.1. The molecule has 4 atom stereocenters. The molecule has 0 aliphatic carbocycles. The van der Waals surface area contributed by atoms with Gasteiger partial charge in [-0.1, -0.05) is 0 Å². The van der Waals surface area contributed by atoms with Gasteiger partial charge < -0.3 is 23.7 Å². The minimum atomic E-state index is -0.476. The van der Waals surface area contributed by atoms with E-state index in [0.29, 0.717) is 13.2 Å². The van der Waals surface area contributed by atoms with Gasteiger partial charge in [0.25, 0.3) is 0 Å². The van der Waals surface area contributed by atoms with Gasteiger partial charge in [-0.25, -0.2) is 0 Å². The number of hydrogen-bond donors (Lipinski definition) is 0. The van der Waals surface area contributed by atoms with Gasteiger partial charge in [-0.05, 0) is 0 Å². The molecular weight excluding hydrogens is 228 g/mol. The molecule has 6 heteroatoms. The molecule has 1 heterocycles. The Hall–Kier alpha value is -0.690. The highest BCUT2D eigenvalue weighted by Crippen LogP contribution is 2.23. The first-order valence-corrected chi connectivity index (χ1v) is 5.47. The smallest absolute Gasteiger partial charge is 0.303 e. The third-order valence-electron chi connectivity index (χ3n) is 2.74. The summed E-state index contributed by atoms with van der Waals surface area (Å²) in [6.07, 6.45) is -1.45. The molecule has 1 aliphatic rings. The molecular formula is C11H20O6. The van der Waals surface area contributed by atoms with E-state index in [4.69, 9.17) is 23.7 Å². The Labute approximate surface area is 101 Å². The summed E-state index contributed by atoms with van der Waals surface area (Å²) in [4.78, 5) is 11.1. The van der Waals surface area contributed by atoms with Crippen LogP contribution in [0.4, 0.5) is 0 Å². The van der Waals surface area contributed by atoms with E-state index >= 15 is 0 Å². The van der Waals surface area contributed by atoms with E-state index in [2.05, 4.69) is 0 Å². The highest BCUT2D eigenvalue weighted by molar-refractivity contribution is 5.66. The first-order valence-electron chi connectivity index (χ1n) is 5.47. The average molecular weight is 248 g/mol. The lowest BCUT2D eigenvalue weighted by molar-refractivity contribution is -0.224. The van der Waals surface area contributed by atoms with E-state index in [0.717, 1.165) is 0 Å². The van der Waals surface area contributed by atoms with E-state index in [1.54, 1.807) is 21.3 Å². The normalized spacial score (nSPS) is 33.4. The Bertz CT molecular complexity index is 244.